The number of hydrogen-bond acceptors (Lipinski definition) is 10. The van der Waals surface area contributed by atoms with Crippen LogP contribution in [0.1, 0.15) is 67.1 Å². The molecule has 4 N–H and O–H groups in total. The molecule has 5 rings (SSSR count). The lowest BCUT2D eigenvalue weighted by Gasteiger charge is -2.26. The minimum atomic E-state index is -0.496. The number of amides is 1. The number of fused-ring (bicyclic) bond motifs is 1. The summed E-state index contributed by atoms with van der Waals surface area (Å²) in [7, 11) is 0. The first-order valence-electron chi connectivity index (χ1n) is 13.4. The molecule has 0 radical (unpaired) electrons. The highest BCUT2D eigenvalue weighted by atomic mass is 16.4. The zero-order valence-electron chi connectivity index (χ0n) is 23.4. The number of aromatic amines is 1. The van der Waals surface area contributed by atoms with Crippen molar-refractivity contribution in [2.45, 2.75) is 58.6 Å². The molecule has 2 atom stereocenters. The van der Waals surface area contributed by atoms with Crippen molar-refractivity contribution in [2.75, 3.05) is 25.0 Å². The summed E-state index contributed by atoms with van der Waals surface area (Å²) in [5.74, 6) is 0.381. The second-order valence-electron chi connectivity index (χ2n) is 11.3. The number of nitrogens with one attached hydrogen (secondary N) is 3. The number of β-amino-alcohol motifs (C(OH)–C–C–N with tert-alkyl or cyclic N) is 1. The van der Waals surface area contributed by atoms with Crippen molar-refractivity contribution in [1.82, 2.24) is 40.6 Å². The highest BCUT2D eigenvalue weighted by Crippen LogP contribution is 2.30. The van der Waals surface area contributed by atoms with E-state index in [-0.39, 0.29) is 17.3 Å². The van der Waals surface area contributed by atoms with E-state index in [0.29, 0.717) is 24.9 Å². The number of anilines is 2. The third-order valence-corrected chi connectivity index (χ3v) is 6.77. The van der Waals surface area contributed by atoms with Crippen molar-refractivity contribution >= 4 is 17.5 Å². The Morgan fingerprint density at radius 1 is 1.27 bits per heavy atom. The number of carbonyl (C=O) groups is 1. The normalized spacial score (nSPS) is 16.7. The topological polar surface area (TPSA) is 158 Å². The van der Waals surface area contributed by atoms with Gasteiger partial charge in [-0.3, -0.25) is 14.8 Å². The van der Waals surface area contributed by atoms with E-state index in [9.17, 15) is 9.90 Å². The van der Waals surface area contributed by atoms with Crippen LogP contribution in [-0.4, -0.2) is 72.0 Å². The van der Waals surface area contributed by atoms with Crippen LogP contribution in [0.25, 0.3) is 11.3 Å². The molecule has 0 spiro atoms. The van der Waals surface area contributed by atoms with E-state index >= 15 is 0 Å². The van der Waals surface area contributed by atoms with Gasteiger partial charge in [0.05, 0.1) is 35.4 Å². The van der Waals surface area contributed by atoms with Crippen molar-refractivity contribution in [3.8, 4) is 11.3 Å². The second kappa shape index (κ2) is 11.1. The van der Waals surface area contributed by atoms with Crippen LogP contribution in [0.2, 0.25) is 0 Å². The van der Waals surface area contributed by atoms with Crippen molar-refractivity contribution in [3.63, 3.8) is 0 Å². The molecule has 2 unspecified atom stereocenters. The molecule has 4 heterocycles. The van der Waals surface area contributed by atoms with Crippen LogP contribution in [0.15, 0.2) is 41.1 Å². The van der Waals surface area contributed by atoms with Crippen molar-refractivity contribution in [1.29, 1.82) is 0 Å². The lowest BCUT2D eigenvalue weighted by atomic mass is 9.96. The van der Waals surface area contributed by atoms with Crippen LogP contribution in [0, 0.1) is 6.92 Å². The fourth-order valence-corrected chi connectivity index (χ4v) is 4.73. The maximum atomic E-state index is 13.2. The second-order valence-corrected chi connectivity index (χ2v) is 11.3. The molecule has 0 saturated carbocycles. The SMILES string of the molecule is Cc1[nH]ncc1Nc1nccc(-c2ccc3c(c2)CCN(CC(C)O)CC3NC(=O)c2nnc(C(C)(C)C)o2)n1. The molecule has 0 aliphatic carbocycles. The molecule has 12 nitrogen and oxygen atoms in total. The summed E-state index contributed by atoms with van der Waals surface area (Å²) in [5, 5.41) is 31.3. The zero-order valence-corrected chi connectivity index (χ0v) is 23.4. The number of nitrogens with zero attached hydrogens (tertiary/aromatic N) is 6. The Balaban J connectivity index is 1.42. The van der Waals surface area contributed by atoms with Crippen molar-refractivity contribution in [2.24, 2.45) is 0 Å². The van der Waals surface area contributed by atoms with Crippen LogP contribution in [0.3, 0.4) is 0 Å². The van der Waals surface area contributed by atoms with E-state index in [2.05, 4.69) is 47.0 Å². The van der Waals surface area contributed by atoms with Crippen LogP contribution in [-0.2, 0) is 11.8 Å². The van der Waals surface area contributed by atoms with Gasteiger partial charge in [0, 0.05) is 36.8 Å². The number of aryl methyl sites for hydroxylation is 1. The van der Waals surface area contributed by atoms with E-state index in [0.717, 1.165) is 46.7 Å². The van der Waals surface area contributed by atoms with Gasteiger partial charge in [-0.15, -0.1) is 10.2 Å². The minimum Gasteiger partial charge on any atom is -0.416 e. The molecule has 4 aromatic rings. The quantitative estimate of drug-likeness (QED) is 0.271. The monoisotopic (exact) mass is 545 g/mol. The molecule has 210 valence electrons. The summed E-state index contributed by atoms with van der Waals surface area (Å²) in [6.07, 6.45) is 3.67. The molecular weight excluding hydrogens is 510 g/mol. The Labute approximate surface area is 232 Å². The maximum Gasteiger partial charge on any atom is 0.309 e. The first kappa shape index (κ1) is 27.4. The molecule has 1 amide bonds. The average Bonchev–Trinajstić information content (AvgIpc) is 3.53. The lowest BCUT2D eigenvalue weighted by Crippen LogP contribution is -2.40. The van der Waals surface area contributed by atoms with E-state index < -0.39 is 12.0 Å². The first-order valence-corrected chi connectivity index (χ1v) is 13.4. The number of aliphatic hydroxyl groups is 1. The van der Waals surface area contributed by atoms with Gasteiger partial charge in [0.25, 0.3) is 0 Å². The third-order valence-electron chi connectivity index (χ3n) is 6.77. The maximum absolute atomic E-state index is 13.2. The van der Waals surface area contributed by atoms with Gasteiger partial charge in [-0.1, -0.05) is 32.9 Å². The lowest BCUT2D eigenvalue weighted by molar-refractivity contribution is 0.0871. The highest BCUT2D eigenvalue weighted by molar-refractivity contribution is 5.89. The Morgan fingerprint density at radius 2 is 2.10 bits per heavy atom. The summed E-state index contributed by atoms with van der Waals surface area (Å²) in [6.45, 7) is 11.3. The highest BCUT2D eigenvalue weighted by Gasteiger charge is 2.29. The van der Waals surface area contributed by atoms with E-state index in [1.54, 1.807) is 19.3 Å². The number of carbonyl (C=O) groups excluding carboxylic acids is 1. The Morgan fingerprint density at radius 3 is 2.80 bits per heavy atom. The number of rotatable bonds is 7. The molecule has 0 fully saturated rings. The summed E-state index contributed by atoms with van der Waals surface area (Å²) in [4.78, 5) is 24.4. The number of benzene rings is 1. The largest absolute Gasteiger partial charge is 0.416 e. The van der Waals surface area contributed by atoms with E-state index in [4.69, 9.17) is 9.40 Å². The summed E-state index contributed by atoms with van der Waals surface area (Å²) in [5.41, 5.74) is 5.15. The summed E-state index contributed by atoms with van der Waals surface area (Å²) < 4.78 is 5.68. The van der Waals surface area contributed by atoms with E-state index in [1.807, 2.05) is 45.9 Å². The number of hydrogen-bond donors (Lipinski definition) is 4. The average molecular weight is 546 g/mol. The molecule has 1 aliphatic heterocycles. The molecule has 1 aromatic carbocycles. The molecule has 0 bridgehead atoms. The van der Waals surface area contributed by atoms with Crippen LogP contribution >= 0.6 is 0 Å². The number of aliphatic hydroxyl groups excluding tert-OH is 1. The van der Waals surface area contributed by atoms with Gasteiger partial charge in [-0.05, 0) is 43.5 Å². The summed E-state index contributed by atoms with van der Waals surface area (Å²) in [6, 6.07) is 7.68. The van der Waals surface area contributed by atoms with Gasteiger partial charge in [-0.25, -0.2) is 9.97 Å². The van der Waals surface area contributed by atoms with Gasteiger partial charge in [0.2, 0.25) is 11.8 Å². The van der Waals surface area contributed by atoms with Gasteiger partial charge in [-0.2, -0.15) is 5.10 Å². The minimum absolute atomic E-state index is 0.0664. The molecule has 3 aromatic heterocycles. The number of aromatic nitrogens is 6. The van der Waals surface area contributed by atoms with Gasteiger partial charge < -0.3 is 20.2 Å². The van der Waals surface area contributed by atoms with Crippen LogP contribution in [0.4, 0.5) is 11.6 Å². The molecule has 12 heteroatoms. The van der Waals surface area contributed by atoms with Gasteiger partial charge in [0.15, 0.2) is 0 Å². The van der Waals surface area contributed by atoms with Gasteiger partial charge >= 0.3 is 11.8 Å². The fraction of sp³-hybridized carbons (Fsp3) is 0.429. The molecule has 1 aliphatic rings. The number of H-pyrrole nitrogens is 1. The Hall–Kier alpha value is -4.16. The van der Waals surface area contributed by atoms with E-state index in [1.165, 1.54) is 0 Å². The Bertz CT molecular complexity index is 1490. The molecule has 40 heavy (non-hydrogen) atoms. The smallest absolute Gasteiger partial charge is 0.309 e. The van der Waals surface area contributed by atoms with Crippen molar-refractivity contribution < 1.29 is 14.3 Å². The molecule has 0 saturated heterocycles. The zero-order chi connectivity index (χ0) is 28.4. The molecular formula is C28H35N9O3. The predicted molar refractivity (Wildman–Crippen MR) is 149 cm³/mol. The standard InChI is InChI=1S/C28H35N9O3/c1-16(38)14-37-11-9-18-12-19(21-8-10-29-27(32-21)33-22-13-30-34-17(22)2)6-7-20(18)23(15-37)31-24(39)25-35-36-26(40-25)28(3,4)5/h6-8,10,12-13,16,23,38H,9,11,14-15H2,1-5H3,(H,30,34)(H,31,39)(H,29,32,33). The van der Waals surface area contributed by atoms with Crippen LogP contribution < -0.4 is 10.6 Å². The Kier molecular flexibility index (Phi) is 7.63. The van der Waals surface area contributed by atoms with Crippen LogP contribution in [0.5, 0.6) is 0 Å². The van der Waals surface area contributed by atoms with Crippen molar-refractivity contribution in [3.05, 3.63) is 65.3 Å². The third kappa shape index (κ3) is 6.18. The fourth-order valence-electron chi connectivity index (χ4n) is 4.73. The predicted octanol–water partition coefficient (Wildman–Crippen LogP) is 3.31. The first-order chi connectivity index (χ1) is 19.1. The summed E-state index contributed by atoms with van der Waals surface area (Å²) >= 11 is 0. The van der Waals surface area contributed by atoms with Gasteiger partial charge in [0.1, 0.15) is 0 Å².